The van der Waals surface area contributed by atoms with Crippen molar-refractivity contribution in [3.63, 3.8) is 0 Å². The van der Waals surface area contributed by atoms with Crippen LogP contribution in [0.1, 0.15) is 44.6 Å². The summed E-state index contributed by atoms with van der Waals surface area (Å²) in [6, 6.07) is 8.05. The second kappa shape index (κ2) is 6.72. The van der Waals surface area contributed by atoms with Crippen LogP contribution in [0.3, 0.4) is 0 Å². The van der Waals surface area contributed by atoms with Crippen LogP contribution in [0.2, 0.25) is 0 Å². The highest BCUT2D eigenvalue weighted by atomic mass is 16.5. The minimum atomic E-state index is 0.298. The molecule has 22 heavy (non-hydrogen) atoms. The predicted octanol–water partition coefficient (Wildman–Crippen LogP) is 3.87. The Balaban J connectivity index is 1.50. The molecule has 3 heteroatoms. The lowest BCUT2D eigenvalue weighted by Crippen LogP contribution is -2.29. The zero-order valence-electron chi connectivity index (χ0n) is 13.8. The van der Waals surface area contributed by atoms with Crippen molar-refractivity contribution in [3.05, 3.63) is 29.8 Å². The Labute approximate surface area is 133 Å². The van der Waals surface area contributed by atoms with Gasteiger partial charge in [0.05, 0.1) is 6.61 Å². The van der Waals surface area contributed by atoms with Gasteiger partial charge in [0.15, 0.2) is 0 Å². The summed E-state index contributed by atoms with van der Waals surface area (Å²) < 4.78 is 5.45. The normalized spacial score (nSPS) is 26.2. The molecule has 2 aliphatic rings. The highest BCUT2D eigenvalue weighted by Crippen LogP contribution is 2.49. The van der Waals surface area contributed by atoms with Crippen LogP contribution in [-0.4, -0.2) is 24.5 Å². The summed E-state index contributed by atoms with van der Waals surface area (Å²) >= 11 is 0. The number of ether oxygens (including phenoxy) is 1. The monoisotopic (exact) mass is 301 g/mol. The zero-order valence-corrected chi connectivity index (χ0v) is 13.8. The van der Waals surface area contributed by atoms with Gasteiger partial charge in [-0.25, -0.2) is 0 Å². The summed E-state index contributed by atoms with van der Waals surface area (Å²) in [5.41, 5.74) is 1.16. The third-order valence-corrected chi connectivity index (χ3v) is 5.40. The van der Waals surface area contributed by atoms with Crippen molar-refractivity contribution < 1.29 is 9.53 Å². The minimum Gasteiger partial charge on any atom is -0.494 e. The Morgan fingerprint density at radius 3 is 2.59 bits per heavy atom. The SMILES string of the molecule is CCOc1ccc(CN(C)C(=O)CC2CC3CCC2C3)cc1. The van der Waals surface area contributed by atoms with Crippen LogP contribution in [0.5, 0.6) is 5.75 Å². The molecule has 0 saturated heterocycles. The number of rotatable bonds is 6. The highest BCUT2D eigenvalue weighted by molar-refractivity contribution is 5.76. The lowest BCUT2D eigenvalue weighted by atomic mass is 9.86. The summed E-state index contributed by atoms with van der Waals surface area (Å²) in [4.78, 5) is 14.3. The molecule has 0 heterocycles. The first kappa shape index (κ1) is 15.4. The van der Waals surface area contributed by atoms with E-state index in [-0.39, 0.29) is 0 Å². The quantitative estimate of drug-likeness (QED) is 0.798. The number of hydrogen-bond donors (Lipinski definition) is 0. The maximum atomic E-state index is 12.5. The van der Waals surface area contributed by atoms with E-state index in [0.717, 1.165) is 29.6 Å². The molecular formula is C19H27NO2. The highest BCUT2D eigenvalue weighted by Gasteiger charge is 2.40. The number of benzene rings is 1. The number of amides is 1. The van der Waals surface area contributed by atoms with Crippen LogP contribution in [0.25, 0.3) is 0 Å². The van der Waals surface area contributed by atoms with Crippen LogP contribution in [0.15, 0.2) is 24.3 Å². The molecule has 2 bridgehead atoms. The van der Waals surface area contributed by atoms with Gasteiger partial charge in [0.2, 0.25) is 5.91 Å². The fourth-order valence-electron chi connectivity index (χ4n) is 4.23. The number of fused-ring (bicyclic) bond motifs is 2. The lowest BCUT2D eigenvalue weighted by Gasteiger charge is -2.24. The molecule has 1 aromatic carbocycles. The molecule has 1 amide bonds. The average molecular weight is 301 g/mol. The van der Waals surface area contributed by atoms with Crippen molar-refractivity contribution >= 4 is 5.91 Å². The third kappa shape index (κ3) is 3.45. The Morgan fingerprint density at radius 2 is 2.00 bits per heavy atom. The number of nitrogens with zero attached hydrogens (tertiary/aromatic N) is 1. The summed E-state index contributed by atoms with van der Waals surface area (Å²) in [7, 11) is 1.92. The van der Waals surface area contributed by atoms with E-state index in [1.165, 1.54) is 25.7 Å². The molecule has 3 rings (SSSR count). The third-order valence-electron chi connectivity index (χ3n) is 5.40. The van der Waals surface area contributed by atoms with E-state index in [4.69, 9.17) is 4.74 Å². The Bertz CT molecular complexity index is 511. The Morgan fingerprint density at radius 1 is 1.23 bits per heavy atom. The molecule has 0 aromatic heterocycles. The van der Waals surface area contributed by atoms with Gasteiger partial charge in [-0.15, -0.1) is 0 Å². The smallest absolute Gasteiger partial charge is 0.222 e. The van der Waals surface area contributed by atoms with Crippen LogP contribution >= 0.6 is 0 Å². The molecule has 2 saturated carbocycles. The Hall–Kier alpha value is -1.51. The molecule has 0 aliphatic heterocycles. The van der Waals surface area contributed by atoms with Crippen molar-refractivity contribution in [1.29, 1.82) is 0 Å². The number of hydrogen-bond acceptors (Lipinski definition) is 2. The van der Waals surface area contributed by atoms with Gasteiger partial charge in [0.25, 0.3) is 0 Å². The molecule has 0 spiro atoms. The first-order chi connectivity index (χ1) is 10.7. The van der Waals surface area contributed by atoms with E-state index in [2.05, 4.69) is 0 Å². The Kier molecular flexibility index (Phi) is 4.70. The van der Waals surface area contributed by atoms with E-state index in [9.17, 15) is 4.79 Å². The molecule has 2 fully saturated rings. The maximum Gasteiger partial charge on any atom is 0.222 e. The van der Waals surface area contributed by atoms with Crippen molar-refractivity contribution in [3.8, 4) is 5.75 Å². The summed E-state index contributed by atoms with van der Waals surface area (Å²) in [5.74, 6) is 3.58. The van der Waals surface area contributed by atoms with Crippen LogP contribution in [-0.2, 0) is 11.3 Å². The van der Waals surface area contributed by atoms with E-state index < -0.39 is 0 Å². The standard InChI is InChI=1S/C19H27NO2/c1-3-22-18-8-5-14(6-9-18)13-20(2)19(21)12-17-11-15-4-7-16(17)10-15/h5-6,8-9,15-17H,3-4,7,10-13H2,1-2H3. The first-order valence-electron chi connectivity index (χ1n) is 8.61. The van der Waals surface area contributed by atoms with Crippen LogP contribution in [0, 0.1) is 17.8 Å². The first-order valence-corrected chi connectivity index (χ1v) is 8.61. The number of carbonyl (C=O) groups excluding carboxylic acids is 1. The van der Waals surface area contributed by atoms with E-state index in [0.29, 0.717) is 25.0 Å². The largest absolute Gasteiger partial charge is 0.494 e. The molecule has 2 aliphatic carbocycles. The van der Waals surface area contributed by atoms with Gasteiger partial charge < -0.3 is 9.64 Å². The van der Waals surface area contributed by atoms with Crippen molar-refractivity contribution in [1.82, 2.24) is 4.90 Å². The van der Waals surface area contributed by atoms with Crippen LogP contribution < -0.4 is 4.74 Å². The molecule has 0 radical (unpaired) electrons. The minimum absolute atomic E-state index is 0.298. The fraction of sp³-hybridized carbons (Fsp3) is 0.632. The van der Waals surface area contributed by atoms with Gasteiger partial charge in [0.1, 0.15) is 5.75 Å². The second-order valence-corrected chi connectivity index (χ2v) is 6.97. The predicted molar refractivity (Wildman–Crippen MR) is 87.6 cm³/mol. The molecule has 0 N–H and O–H groups in total. The van der Waals surface area contributed by atoms with Gasteiger partial charge in [-0.05, 0) is 61.6 Å². The second-order valence-electron chi connectivity index (χ2n) is 6.97. The van der Waals surface area contributed by atoms with Crippen LogP contribution in [0.4, 0.5) is 0 Å². The zero-order chi connectivity index (χ0) is 15.5. The van der Waals surface area contributed by atoms with Crippen molar-refractivity contribution in [2.45, 2.75) is 45.6 Å². The van der Waals surface area contributed by atoms with Gasteiger partial charge in [-0.1, -0.05) is 18.6 Å². The van der Waals surface area contributed by atoms with Gasteiger partial charge in [-0.3, -0.25) is 4.79 Å². The maximum absolute atomic E-state index is 12.5. The van der Waals surface area contributed by atoms with Gasteiger partial charge in [-0.2, -0.15) is 0 Å². The fourth-order valence-corrected chi connectivity index (χ4v) is 4.23. The van der Waals surface area contributed by atoms with E-state index >= 15 is 0 Å². The van der Waals surface area contributed by atoms with E-state index in [1.807, 2.05) is 43.1 Å². The molecule has 120 valence electrons. The molecule has 3 atom stereocenters. The van der Waals surface area contributed by atoms with Gasteiger partial charge in [0, 0.05) is 20.0 Å². The topological polar surface area (TPSA) is 29.5 Å². The molecule has 1 aromatic rings. The summed E-state index contributed by atoms with van der Waals surface area (Å²) in [5, 5.41) is 0. The van der Waals surface area contributed by atoms with E-state index in [1.54, 1.807) is 0 Å². The summed E-state index contributed by atoms with van der Waals surface area (Å²) in [6.07, 6.45) is 6.16. The van der Waals surface area contributed by atoms with Crippen molar-refractivity contribution in [2.24, 2.45) is 17.8 Å². The molecular weight excluding hydrogens is 274 g/mol. The number of carbonyl (C=O) groups is 1. The summed E-state index contributed by atoms with van der Waals surface area (Å²) in [6.45, 7) is 3.35. The van der Waals surface area contributed by atoms with Crippen molar-refractivity contribution in [2.75, 3.05) is 13.7 Å². The molecule has 3 nitrogen and oxygen atoms in total. The average Bonchev–Trinajstić information content (AvgIpc) is 3.12. The molecule has 3 unspecified atom stereocenters. The van der Waals surface area contributed by atoms with Gasteiger partial charge >= 0.3 is 0 Å². The lowest BCUT2D eigenvalue weighted by molar-refractivity contribution is -0.131.